The van der Waals surface area contributed by atoms with Gasteiger partial charge in [-0.15, -0.1) is 11.3 Å². The maximum Gasteiger partial charge on any atom is 0.323 e. The van der Waals surface area contributed by atoms with Crippen molar-refractivity contribution >= 4 is 34.2 Å². The van der Waals surface area contributed by atoms with E-state index in [1.165, 1.54) is 17.8 Å². The van der Waals surface area contributed by atoms with Gasteiger partial charge >= 0.3 is 12.0 Å². The molecule has 8 nitrogen and oxygen atoms in total. The number of carbonyl (C=O) groups excluding carboxylic acids is 3. The van der Waals surface area contributed by atoms with Gasteiger partial charge in [-0.25, -0.2) is 4.79 Å². The van der Waals surface area contributed by atoms with Crippen LogP contribution in [0.15, 0.2) is 30.3 Å². The third-order valence-electron chi connectivity index (χ3n) is 6.93. The number of urea groups is 1. The number of primary amides is 2. The van der Waals surface area contributed by atoms with Crippen molar-refractivity contribution in [3.8, 4) is 10.4 Å². The van der Waals surface area contributed by atoms with Crippen molar-refractivity contribution in [2.24, 2.45) is 17.4 Å². The Morgan fingerprint density at radius 1 is 1.00 bits per heavy atom. The van der Waals surface area contributed by atoms with Gasteiger partial charge in [-0.3, -0.25) is 14.9 Å². The minimum Gasteiger partial charge on any atom is -0.461 e. The van der Waals surface area contributed by atoms with Gasteiger partial charge in [0.25, 0.3) is 5.91 Å². The lowest BCUT2D eigenvalue weighted by Crippen LogP contribution is -2.44. The normalized spacial score (nSPS) is 17.7. The average Bonchev–Trinajstić information content (AvgIpc) is 3.50. The van der Waals surface area contributed by atoms with Gasteiger partial charge in [-0.05, 0) is 67.7 Å². The highest BCUT2D eigenvalue weighted by Crippen LogP contribution is 2.36. The number of thiophene rings is 1. The van der Waals surface area contributed by atoms with Crippen molar-refractivity contribution in [1.82, 2.24) is 5.32 Å². The first-order valence-electron chi connectivity index (χ1n) is 12.4. The van der Waals surface area contributed by atoms with E-state index in [2.05, 4.69) is 10.6 Å². The first-order chi connectivity index (χ1) is 16.9. The van der Waals surface area contributed by atoms with Crippen LogP contribution in [0, 0.1) is 5.92 Å². The van der Waals surface area contributed by atoms with E-state index < -0.39 is 11.9 Å². The summed E-state index contributed by atoms with van der Waals surface area (Å²) in [5.74, 6) is -0.455. The number of esters is 1. The second kappa shape index (κ2) is 11.7. The summed E-state index contributed by atoms with van der Waals surface area (Å²) in [5.41, 5.74) is 12.8. The summed E-state index contributed by atoms with van der Waals surface area (Å²) in [6, 6.07) is 8.47. The average molecular weight is 499 g/mol. The highest BCUT2D eigenvalue weighted by Gasteiger charge is 2.33. The van der Waals surface area contributed by atoms with Gasteiger partial charge in [0.2, 0.25) is 0 Å². The topological polar surface area (TPSA) is 137 Å². The molecule has 2 aliphatic carbocycles. The zero-order valence-corrected chi connectivity index (χ0v) is 20.7. The van der Waals surface area contributed by atoms with Crippen LogP contribution in [0.3, 0.4) is 0 Å². The highest BCUT2D eigenvalue weighted by atomic mass is 32.1. The molecule has 0 spiro atoms. The van der Waals surface area contributed by atoms with Crippen molar-refractivity contribution in [2.45, 2.75) is 76.5 Å². The predicted molar refractivity (Wildman–Crippen MR) is 137 cm³/mol. The first kappa shape index (κ1) is 25.2. The zero-order chi connectivity index (χ0) is 24.8. The molecule has 4 rings (SSSR count). The van der Waals surface area contributed by atoms with Gasteiger partial charge in [0.1, 0.15) is 17.1 Å². The number of nitrogens with one attached hydrogen (secondary N) is 2. The Bertz CT molecular complexity index is 1060. The quantitative estimate of drug-likeness (QED) is 0.377. The van der Waals surface area contributed by atoms with Crippen molar-refractivity contribution in [3.63, 3.8) is 0 Å². The Balaban J connectivity index is 1.47. The molecule has 2 saturated carbocycles. The molecule has 1 heterocycles. The van der Waals surface area contributed by atoms with Crippen LogP contribution in [-0.2, 0) is 16.1 Å². The van der Waals surface area contributed by atoms with Crippen molar-refractivity contribution in [2.75, 3.05) is 5.32 Å². The van der Waals surface area contributed by atoms with Gasteiger partial charge in [-0.1, -0.05) is 37.5 Å². The van der Waals surface area contributed by atoms with E-state index >= 15 is 0 Å². The lowest BCUT2D eigenvalue weighted by atomic mass is 9.96. The van der Waals surface area contributed by atoms with Gasteiger partial charge in [-0.2, -0.15) is 0 Å². The molecule has 9 heteroatoms. The van der Waals surface area contributed by atoms with Gasteiger partial charge in [0.15, 0.2) is 0 Å². The summed E-state index contributed by atoms with van der Waals surface area (Å²) in [4.78, 5) is 37.0. The molecule has 2 fully saturated rings. The number of benzene rings is 1. The van der Waals surface area contributed by atoms with E-state index in [0.717, 1.165) is 67.4 Å². The largest absolute Gasteiger partial charge is 0.461 e. The summed E-state index contributed by atoms with van der Waals surface area (Å²) in [6.07, 6.45) is 9.83. The summed E-state index contributed by atoms with van der Waals surface area (Å²) < 4.78 is 5.93. The molecule has 1 aromatic carbocycles. The molecule has 1 atom stereocenters. The van der Waals surface area contributed by atoms with Crippen LogP contribution < -0.4 is 22.1 Å². The van der Waals surface area contributed by atoms with Crippen molar-refractivity contribution in [3.05, 3.63) is 41.5 Å². The molecule has 0 aliphatic heterocycles. The number of nitrogens with two attached hydrogens (primary N) is 2. The summed E-state index contributed by atoms with van der Waals surface area (Å²) in [6.45, 7) is 0.523. The standard InChI is InChI=1S/C26H34N4O4S/c27-23(31)20-14-21(35-24(20)30-26(28)33)18-10-6-7-16(13-18)15-29-22(17-8-4-5-9-17)25(32)34-19-11-2-1-3-12-19/h6-7,10,13-14,17,19,22,29H,1-5,8-9,11-12,15H2,(H2,27,31)(H3,28,30,33). The van der Waals surface area contributed by atoms with Gasteiger partial charge in [0, 0.05) is 11.4 Å². The van der Waals surface area contributed by atoms with E-state index in [0.29, 0.717) is 17.5 Å². The van der Waals surface area contributed by atoms with E-state index in [4.69, 9.17) is 16.2 Å². The Hall–Kier alpha value is -2.91. The number of anilines is 1. The molecule has 0 radical (unpaired) electrons. The fraction of sp³-hybridized carbons (Fsp3) is 0.500. The lowest BCUT2D eigenvalue weighted by molar-refractivity contribution is -0.154. The molecule has 0 bridgehead atoms. The molecule has 1 aromatic heterocycles. The minimum atomic E-state index is -0.753. The fourth-order valence-corrected chi connectivity index (χ4v) is 6.20. The maximum absolute atomic E-state index is 13.1. The molecule has 188 valence electrons. The second-order valence-electron chi connectivity index (χ2n) is 9.51. The molecule has 2 aliphatic rings. The predicted octanol–water partition coefficient (Wildman–Crippen LogP) is 4.53. The molecular formula is C26H34N4O4S. The molecule has 1 unspecified atom stereocenters. The summed E-state index contributed by atoms with van der Waals surface area (Å²) in [5, 5.41) is 6.29. The van der Waals surface area contributed by atoms with E-state index in [-0.39, 0.29) is 23.7 Å². The van der Waals surface area contributed by atoms with E-state index in [9.17, 15) is 14.4 Å². The Morgan fingerprint density at radius 2 is 1.71 bits per heavy atom. The SMILES string of the molecule is NC(=O)Nc1sc(-c2cccc(CNC(C(=O)OC3CCCCC3)C3CCCC3)c2)cc1C(N)=O. The maximum atomic E-state index is 13.1. The van der Waals surface area contributed by atoms with Gasteiger partial charge in [0.05, 0.1) is 5.56 Å². The number of hydrogen-bond donors (Lipinski definition) is 4. The van der Waals surface area contributed by atoms with E-state index in [1.807, 2.05) is 24.3 Å². The molecule has 35 heavy (non-hydrogen) atoms. The number of amides is 3. The summed E-state index contributed by atoms with van der Waals surface area (Å²) >= 11 is 1.24. The van der Waals surface area contributed by atoms with Crippen LogP contribution in [0.2, 0.25) is 0 Å². The van der Waals surface area contributed by atoms with Gasteiger partial charge < -0.3 is 21.5 Å². The fourth-order valence-electron chi connectivity index (χ4n) is 5.14. The van der Waals surface area contributed by atoms with Crippen LogP contribution in [0.25, 0.3) is 10.4 Å². The van der Waals surface area contributed by atoms with Crippen molar-refractivity contribution < 1.29 is 19.1 Å². The minimum absolute atomic E-state index is 0.0479. The third-order valence-corrected chi connectivity index (χ3v) is 8.03. The highest BCUT2D eigenvalue weighted by molar-refractivity contribution is 7.20. The van der Waals surface area contributed by atoms with Crippen LogP contribution >= 0.6 is 11.3 Å². The lowest BCUT2D eigenvalue weighted by Gasteiger charge is -2.28. The second-order valence-corrected chi connectivity index (χ2v) is 10.6. The number of ether oxygens (including phenoxy) is 1. The molecule has 6 N–H and O–H groups in total. The van der Waals surface area contributed by atoms with Crippen LogP contribution in [0.5, 0.6) is 0 Å². The van der Waals surface area contributed by atoms with E-state index in [1.54, 1.807) is 6.07 Å². The Kier molecular flexibility index (Phi) is 8.41. The number of carbonyl (C=O) groups is 3. The Labute approximate surface area is 209 Å². The molecule has 2 aromatic rings. The number of rotatable bonds is 9. The monoisotopic (exact) mass is 498 g/mol. The smallest absolute Gasteiger partial charge is 0.323 e. The van der Waals surface area contributed by atoms with Crippen molar-refractivity contribution in [1.29, 1.82) is 0 Å². The van der Waals surface area contributed by atoms with Crippen LogP contribution in [-0.4, -0.2) is 30.1 Å². The Morgan fingerprint density at radius 3 is 2.40 bits per heavy atom. The van der Waals surface area contributed by atoms with Crippen LogP contribution in [0.1, 0.15) is 73.7 Å². The zero-order valence-electron chi connectivity index (χ0n) is 19.9. The third kappa shape index (κ3) is 6.61. The number of hydrogen-bond acceptors (Lipinski definition) is 6. The first-order valence-corrected chi connectivity index (χ1v) is 13.3. The summed E-state index contributed by atoms with van der Waals surface area (Å²) in [7, 11) is 0. The molecule has 0 saturated heterocycles. The van der Waals surface area contributed by atoms with Crippen LogP contribution in [0.4, 0.5) is 9.80 Å². The molecule has 3 amide bonds. The molecular weight excluding hydrogens is 464 g/mol.